The Labute approximate surface area is 106 Å². The fraction of sp³-hybridized carbons (Fsp3) is 0.833. The maximum absolute atomic E-state index is 5.75. The third-order valence-corrected chi connectivity index (χ3v) is 3.75. The quantitative estimate of drug-likeness (QED) is 0.796. The number of ether oxygens (including phenoxy) is 2. The van der Waals surface area contributed by atoms with E-state index in [0.29, 0.717) is 5.92 Å². The lowest BCUT2D eigenvalue weighted by molar-refractivity contribution is -0.191. The normalized spacial score (nSPS) is 30.5. The Morgan fingerprint density at radius 1 is 1.50 bits per heavy atom. The van der Waals surface area contributed by atoms with E-state index < -0.39 is 0 Å². The number of hydrogen-bond acceptors (Lipinski definition) is 3. The Morgan fingerprint density at radius 2 is 2.19 bits per heavy atom. The van der Waals surface area contributed by atoms with E-state index in [2.05, 4.69) is 34.3 Å². The van der Waals surface area contributed by atoms with Crippen molar-refractivity contribution >= 4 is 15.9 Å². The van der Waals surface area contributed by atoms with Crippen molar-refractivity contribution in [2.24, 2.45) is 5.92 Å². The summed E-state index contributed by atoms with van der Waals surface area (Å²) in [6.07, 6.45) is 2.41. The highest BCUT2D eigenvalue weighted by Gasteiger charge is 2.41. The number of rotatable bonds is 3. The van der Waals surface area contributed by atoms with E-state index in [-0.39, 0.29) is 5.79 Å². The molecule has 0 aromatic heterocycles. The van der Waals surface area contributed by atoms with Crippen LogP contribution in [0.3, 0.4) is 0 Å². The summed E-state index contributed by atoms with van der Waals surface area (Å²) >= 11 is 3.43. The smallest absolute Gasteiger partial charge is 0.169 e. The highest BCUT2D eigenvalue weighted by molar-refractivity contribution is 9.11. The molecule has 2 saturated heterocycles. The van der Waals surface area contributed by atoms with Crippen molar-refractivity contribution in [3.63, 3.8) is 0 Å². The summed E-state index contributed by atoms with van der Waals surface area (Å²) in [6, 6.07) is 0. The Morgan fingerprint density at radius 3 is 2.81 bits per heavy atom. The Balaban J connectivity index is 1.93. The van der Waals surface area contributed by atoms with Gasteiger partial charge in [0, 0.05) is 23.5 Å². The number of hydrogen-bond donors (Lipinski definition) is 0. The van der Waals surface area contributed by atoms with E-state index in [1.165, 1.54) is 12.8 Å². The van der Waals surface area contributed by atoms with Crippen LogP contribution in [0.25, 0.3) is 0 Å². The van der Waals surface area contributed by atoms with Gasteiger partial charge in [0.05, 0.1) is 13.2 Å². The van der Waals surface area contributed by atoms with E-state index in [1.54, 1.807) is 0 Å². The first kappa shape index (κ1) is 12.6. The summed E-state index contributed by atoms with van der Waals surface area (Å²) in [5.41, 5.74) is 0. The molecule has 0 radical (unpaired) electrons. The molecule has 0 saturated carbocycles. The molecule has 2 rings (SSSR count). The maximum atomic E-state index is 5.75. The highest BCUT2D eigenvalue weighted by atomic mass is 79.9. The van der Waals surface area contributed by atoms with E-state index in [9.17, 15) is 0 Å². The molecule has 2 heterocycles. The zero-order valence-corrected chi connectivity index (χ0v) is 11.5. The molecular formula is C12H20BrNO2. The van der Waals surface area contributed by atoms with Crippen LogP contribution in [0.1, 0.15) is 19.8 Å². The standard InChI is InChI=1S/C12H20BrNO2/c1-10(13)8-14-5-3-4-11(9-14)12(2)15-6-7-16-12/h11H,1,3-9H2,2H3/t11-/m1/s1. The first-order valence-corrected chi connectivity index (χ1v) is 6.73. The summed E-state index contributed by atoms with van der Waals surface area (Å²) in [4.78, 5) is 2.42. The van der Waals surface area contributed by atoms with Crippen LogP contribution in [0.2, 0.25) is 0 Å². The third kappa shape index (κ3) is 2.86. The van der Waals surface area contributed by atoms with Crippen molar-refractivity contribution in [3.8, 4) is 0 Å². The Kier molecular flexibility index (Phi) is 4.06. The van der Waals surface area contributed by atoms with Crippen molar-refractivity contribution in [1.82, 2.24) is 4.90 Å². The zero-order valence-electron chi connectivity index (χ0n) is 9.88. The van der Waals surface area contributed by atoms with Crippen LogP contribution in [0.5, 0.6) is 0 Å². The predicted octanol–water partition coefficient (Wildman–Crippen LogP) is 2.37. The number of likely N-dealkylation sites (tertiary alicyclic amines) is 1. The van der Waals surface area contributed by atoms with Gasteiger partial charge in [0.25, 0.3) is 0 Å². The van der Waals surface area contributed by atoms with Crippen LogP contribution in [0.4, 0.5) is 0 Å². The predicted molar refractivity (Wildman–Crippen MR) is 67.5 cm³/mol. The van der Waals surface area contributed by atoms with Gasteiger partial charge in [-0.3, -0.25) is 4.90 Å². The minimum absolute atomic E-state index is 0.355. The molecule has 2 aliphatic rings. The molecule has 16 heavy (non-hydrogen) atoms. The van der Waals surface area contributed by atoms with Crippen molar-refractivity contribution in [2.75, 3.05) is 32.8 Å². The molecular weight excluding hydrogens is 270 g/mol. The topological polar surface area (TPSA) is 21.7 Å². The minimum atomic E-state index is -0.355. The fourth-order valence-electron chi connectivity index (χ4n) is 2.64. The first-order valence-electron chi connectivity index (χ1n) is 5.94. The van der Waals surface area contributed by atoms with Crippen molar-refractivity contribution in [3.05, 3.63) is 11.1 Å². The highest BCUT2D eigenvalue weighted by Crippen LogP contribution is 2.34. The molecule has 0 aromatic rings. The van der Waals surface area contributed by atoms with Crippen LogP contribution in [0, 0.1) is 5.92 Å². The maximum Gasteiger partial charge on any atom is 0.169 e. The van der Waals surface area contributed by atoms with Gasteiger partial charge >= 0.3 is 0 Å². The summed E-state index contributed by atoms with van der Waals surface area (Å²) < 4.78 is 12.5. The molecule has 2 aliphatic heterocycles. The largest absolute Gasteiger partial charge is 0.347 e. The average molecular weight is 290 g/mol. The van der Waals surface area contributed by atoms with Gasteiger partial charge in [0.1, 0.15) is 0 Å². The van der Waals surface area contributed by atoms with Crippen LogP contribution >= 0.6 is 15.9 Å². The molecule has 0 aliphatic carbocycles. The molecule has 0 unspecified atom stereocenters. The van der Waals surface area contributed by atoms with Crippen molar-refractivity contribution in [2.45, 2.75) is 25.6 Å². The van der Waals surface area contributed by atoms with E-state index in [1.807, 2.05) is 0 Å². The lowest BCUT2D eigenvalue weighted by Gasteiger charge is -2.39. The monoisotopic (exact) mass is 289 g/mol. The van der Waals surface area contributed by atoms with Gasteiger partial charge in [-0.05, 0) is 26.3 Å². The second-order valence-corrected chi connectivity index (χ2v) is 5.93. The summed E-state index contributed by atoms with van der Waals surface area (Å²) in [7, 11) is 0. The molecule has 0 aromatic carbocycles. The zero-order chi connectivity index (χ0) is 11.6. The second-order valence-electron chi connectivity index (χ2n) is 4.80. The number of halogens is 1. The minimum Gasteiger partial charge on any atom is -0.347 e. The SMILES string of the molecule is C=C(Br)CN1CCC[C@@H](C2(C)OCCO2)C1. The third-order valence-electron chi connectivity index (χ3n) is 3.50. The van der Waals surface area contributed by atoms with Gasteiger partial charge in [0.15, 0.2) is 5.79 Å². The van der Waals surface area contributed by atoms with Gasteiger partial charge < -0.3 is 9.47 Å². The van der Waals surface area contributed by atoms with Gasteiger partial charge in [-0.1, -0.05) is 22.5 Å². The fourth-order valence-corrected chi connectivity index (χ4v) is 2.99. The van der Waals surface area contributed by atoms with Gasteiger partial charge in [-0.25, -0.2) is 0 Å². The van der Waals surface area contributed by atoms with E-state index >= 15 is 0 Å². The average Bonchev–Trinajstić information content (AvgIpc) is 2.66. The van der Waals surface area contributed by atoms with Crippen LogP contribution < -0.4 is 0 Å². The molecule has 0 spiro atoms. The molecule has 0 amide bonds. The second kappa shape index (κ2) is 5.17. The van der Waals surface area contributed by atoms with Crippen molar-refractivity contribution in [1.29, 1.82) is 0 Å². The first-order chi connectivity index (χ1) is 7.60. The van der Waals surface area contributed by atoms with E-state index in [4.69, 9.17) is 9.47 Å². The van der Waals surface area contributed by atoms with Crippen molar-refractivity contribution < 1.29 is 9.47 Å². The van der Waals surface area contributed by atoms with Crippen LogP contribution in [0.15, 0.2) is 11.1 Å². The molecule has 3 nitrogen and oxygen atoms in total. The number of piperidine rings is 1. The summed E-state index contributed by atoms with van der Waals surface area (Å²) in [6.45, 7) is 10.6. The number of nitrogens with zero attached hydrogens (tertiary/aromatic N) is 1. The summed E-state index contributed by atoms with van der Waals surface area (Å²) in [5, 5.41) is 0. The lowest BCUT2D eigenvalue weighted by Crippen LogP contribution is -2.47. The lowest BCUT2D eigenvalue weighted by atomic mass is 9.90. The molecule has 0 N–H and O–H groups in total. The van der Waals surface area contributed by atoms with Gasteiger partial charge in [-0.2, -0.15) is 0 Å². The molecule has 4 heteroatoms. The Hall–Kier alpha value is 0.1000. The van der Waals surface area contributed by atoms with E-state index in [0.717, 1.165) is 37.3 Å². The molecule has 0 bridgehead atoms. The van der Waals surface area contributed by atoms with Gasteiger partial charge in [0.2, 0.25) is 0 Å². The van der Waals surface area contributed by atoms with Crippen LogP contribution in [-0.2, 0) is 9.47 Å². The molecule has 1 atom stereocenters. The van der Waals surface area contributed by atoms with Crippen LogP contribution in [-0.4, -0.2) is 43.5 Å². The Bertz CT molecular complexity index is 264. The summed E-state index contributed by atoms with van der Waals surface area (Å²) in [5.74, 6) is 0.127. The molecule has 2 fully saturated rings. The molecule has 92 valence electrons. The van der Waals surface area contributed by atoms with Gasteiger partial charge in [-0.15, -0.1) is 0 Å².